The zero-order chi connectivity index (χ0) is 13.1. The van der Waals surface area contributed by atoms with Crippen molar-refractivity contribution in [3.8, 4) is 0 Å². The van der Waals surface area contributed by atoms with E-state index >= 15 is 0 Å². The zero-order valence-corrected chi connectivity index (χ0v) is 11.1. The van der Waals surface area contributed by atoms with Crippen molar-refractivity contribution in [3.05, 3.63) is 36.5 Å². The number of rotatable bonds is 4. The highest BCUT2D eigenvalue weighted by atomic mass is 16.5. The van der Waals surface area contributed by atoms with Gasteiger partial charge in [0, 0.05) is 44.0 Å². The zero-order valence-electron chi connectivity index (χ0n) is 11.1. The van der Waals surface area contributed by atoms with Crippen molar-refractivity contribution >= 4 is 16.6 Å². The first kappa shape index (κ1) is 12.4. The van der Waals surface area contributed by atoms with Crippen LogP contribution in [-0.4, -0.2) is 37.5 Å². The van der Waals surface area contributed by atoms with Gasteiger partial charge in [-0.1, -0.05) is 18.2 Å². The number of benzene rings is 1. The molecule has 0 saturated carbocycles. The van der Waals surface area contributed by atoms with E-state index in [1.165, 1.54) is 0 Å². The molecule has 0 bridgehead atoms. The third-order valence-corrected chi connectivity index (χ3v) is 3.75. The summed E-state index contributed by atoms with van der Waals surface area (Å²) in [5.74, 6) is 0. The largest absolute Gasteiger partial charge is 0.381 e. The Morgan fingerprint density at radius 1 is 1.37 bits per heavy atom. The lowest BCUT2D eigenvalue weighted by Gasteiger charge is -2.26. The van der Waals surface area contributed by atoms with Gasteiger partial charge in [-0.15, -0.1) is 0 Å². The Kier molecular flexibility index (Phi) is 3.36. The fourth-order valence-corrected chi connectivity index (χ4v) is 2.47. The molecule has 1 atom stereocenters. The van der Waals surface area contributed by atoms with Gasteiger partial charge >= 0.3 is 0 Å². The van der Waals surface area contributed by atoms with E-state index < -0.39 is 0 Å². The van der Waals surface area contributed by atoms with Crippen LogP contribution in [0.1, 0.15) is 6.42 Å². The van der Waals surface area contributed by atoms with E-state index in [1.54, 1.807) is 7.11 Å². The van der Waals surface area contributed by atoms with Crippen molar-refractivity contribution in [2.45, 2.75) is 12.0 Å². The molecule has 1 aromatic carbocycles. The van der Waals surface area contributed by atoms with Crippen molar-refractivity contribution in [2.24, 2.45) is 0 Å². The summed E-state index contributed by atoms with van der Waals surface area (Å²) < 4.78 is 11.1. The van der Waals surface area contributed by atoms with Crippen molar-refractivity contribution in [1.82, 2.24) is 4.98 Å². The van der Waals surface area contributed by atoms with Crippen molar-refractivity contribution < 1.29 is 9.47 Å². The molecule has 4 heteroatoms. The van der Waals surface area contributed by atoms with Crippen LogP contribution in [0.2, 0.25) is 0 Å². The third kappa shape index (κ3) is 2.41. The minimum absolute atomic E-state index is 0.204. The standard InChI is InChI=1S/C15H18N2O2/c1-18-15(7-9-19-11-15)10-17-14-6-8-16-13-5-3-2-4-12(13)14/h2-6,8H,7,9-11H2,1H3,(H,16,17). The van der Waals surface area contributed by atoms with Crippen LogP contribution in [0, 0.1) is 0 Å². The number of fused-ring (bicyclic) bond motifs is 1. The summed E-state index contributed by atoms with van der Waals surface area (Å²) in [6, 6.07) is 10.1. The minimum atomic E-state index is -0.204. The predicted molar refractivity (Wildman–Crippen MR) is 75.4 cm³/mol. The molecule has 19 heavy (non-hydrogen) atoms. The number of para-hydroxylation sites is 1. The highest BCUT2D eigenvalue weighted by molar-refractivity contribution is 5.90. The smallest absolute Gasteiger partial charge is 0.110 e. The average Bonchev–Trinajstić information content (AvgIpc) is 2.94. The van der Waals surface area contributed by atoms with Gasteiger partial charge < -0.3 is 14.8 Å². The van der Waals surface area contributed by atoms with E-state index in [0.717, 1.165) is 36.2 Å². The maximum Gasteiger partial charge on any atom is 0.110 e. The third-order valence-electron chi connectivity index (χ3n) is 3.75. The van der Waals surface area contributed by atoms with E-state index in [4.69, 9.17) is 9.47 Å². The monoisotopic (exact) mass is 258 g/mol. The van der Waals surface area contributed by atoms with Gasteiger partial charge in [0.15, 0.2) is 0 Å². The Balaban J connectivity index is 1.82. The SMILES string of the molecule is COC1(CNc2ccnc3ccccc23)CCOC1. The molecular formula is C15H18N2O2. The Labute approximate surface area is 112 Å². The molecule has 100 valence electrons. The van der Waals surface area contributed by atoms with Crippen molar-refractivity contribution in [2.75, 3.05) is 32.2 Å². The Morgan fingerprint density at radius 3 is 3.05 bits per heavy atom. The van der Waals surface area contributed by atoms with Gasteiger partial charge in [-0.25, -0.2) is 0 Å². The summed E-state index contributed by atoms with van der Waals surface area (Å²) >= 11 is 0. The second kappa shape index (κ2) is 5.15. The van der Waals surface area contributed by atoms with Gasteiger partial charge in [-0.05, 0) is 12.1 Å². The summed E-state index contributed by atoms with van der Waals surface area (Å²) in [6.45, 7) is 2.17. The number of pyridine rings is 1. The van der Waals surface area contributed by atoms with Crippen LogP contribution in [-0.2, 0) is 9.47 Å². The number of aromatic nitrogens is 1. The fraction of sp³-hybridized carbons (Fsp3) is 0.400. The van der Waals surface area contributed by atoms with Crippen LogP contribution in [0.5, 0.6) is 0 Å². The summed E-state index contributed by atoms with van der Waals surface area (Å²) in [7, 11) is 1.75. The average molecular weight is 258 g/mol. The lowest BCUT2D eigenvalue weighted by molar-refractivity contribution is -0.00618. The molecule has 1 aromatic heterocycles. The van der Waals surface area contributed by atoms with Crippen molar-refractivity contribution in [1.29, 1.82) is 0 Å². The Morgan fingerprint density at radius 2 is 2.26 bits per heavy atom. The molecule has 4 nitrogen and oxygen atoms in total. The molecule has 1 aliphatic heterocycles. The molecule has 2 heterocycles. The molecule has 3 rings (SSSR count). The molecule has 1 aliphatic rings. The highest BCUT2D eigenvalue weighted by Crippen LogP contribution is 2.26. The topological polar surface area (TPSA) is 43.4 Å². The Hall–Kier alpha value is -1.65. The van der Waals surface area contributed by atoms with Gasteiger partial charge in [-0.3, -0.25) is 4.98 Å². The van der Waals surface area contributed by atoms with E-state index in [-0.39, 0.29) is 5.60 Å². The van der Waals surface area contributed by atoms with E-state index in [1.807, 2.05) is 30.5 Å². The van der Waals surface area contributed by atoms with E-state index in [2.05, 4.69) is 16.4 Å². The van der Waals surface area contributed by atoms with Gasteiger partial charge in [0.05, 0.1) is 12.1 Å². The van der Waals surface area contributed by atoms with Gasteiger partial charge in [-0.2, -0.15) is 0 Å². The van der Waals surface area contributed by atoms with E-state index in [0.29, 0.717) is 6.61 Å². The molecule has 0 spiro atoms. The molecule has 0 amide bonds. The number of hydrogen-bond donors (Lipinski definition) is 1. The lowest BCUT2D eigenvalue weighted by atomic mass is 10.0. The quantitative estimate of drug-likeness (QED) is 0.914. The van der Waals surface area contributed by atoms with Crippen LogP contribution in [0.3, 0.4) is 0 Å². The van der Waals surface area contributed by atoms with Crippen molar-refractivity contribution in [3.63, 3.8) is 0 Å². The first-order valence-electron chi connectivity index (χ1n) is 6.54. The van der Waals surface area contributed by atoms with Crippen LogP contribution < -0.4 is 5.32 Å². The number of hydrogen-bond acceptors (Lipinski definition) is 4. The highest BCUT2D eigenvalue weighted by Gasteiger charge is 2.34. The Bertz CT molecular complexity index is 560. The maximum absolute atomic E-state index is 5.63. The van der Waals surface area contributed by atoms with Crippen LogP contribution in [0.25, 0.3) is 10.9 Å². The number of methoxy groups -OCH3 is 1. The predicted octanol–water partition coefficient (Wildman–Crippen LogP) is 2.45. The van der Waals surface area contributed by atoms with Crippen LogP contribution in [0.4, 0.5) is 5.69 Å². The number of anilines is 1. The molecule has 1 saturated heterocycles. The number of nitrogens with zero attached hydrogens (tertiary/aromatic N) is 1. The summed E-state index contributed by atoms with van der Waals surface area (Å²) in [4.78, 5) is 4.36. The number of nitrogens with one attached hydrogen (secondary N) is 1. The first-order chi connectivity index (χ1) is 9.33. The summed E-state index contributed by atoms with van der Waals surface area (Å²) in [5.41, 5.74) is 1.89. The molecule has 1 fully saturated rings. The second-order valence-corrected chi connectivity index (χ2v) is 4.92. The summed E-state index contributed by atoms with van der Waals surface area (Å²) in [5, 5.41) is 4.61. The normalized spacial score (nSPS) is 22.8. The van der Waals surface area contributed by atoms with E-state index in [9.17, 15) is 0 Å². The van der Waals surface area contributed by atoms with Gasteiger partial charge in [0.1, 0.15) is 5.60 Å². The van der Waals surface area contributed by atoms with Gasteiger partial charge in [0.2, 0.25) is 0 Å². The number of ether oxygens (including phenoxy) is 2. The molecule has 0 aliphatic carbocycles. The first-order valence-corrected chi connectivity index (χ1v) is 6.54. The summed E-state index contributed by atoms with van der Waals surface area (Å²) in [6.07, 6.45) is 2.76. The van der Waals surface area contributed by atoms with Gasteiger partial charge in [0.25, 0.3) is 0 Å². The fourth-order valence-electron chi connectivity index (χ4n) is 2.47. The lowest BCUT2D eigenvalue weighted by Crippen LogP contribution is -2.39. The molecule has 1 unspecified atom stereocenters. The maximum atomic E-state index is 5.63. The van der Waals surface area contributed by atoms with Crippen LogP contribution >= 0.6 is 0 Å². The molecule has 2 aromatic rings. The second-order valence-electron chi connectivity index (χ2n) is 4.92. The molecular weight excluding hydrogens is 240 g/mol. The minimum Gasteiger partial charge on any atom is -0.381 e. The molecule has 0 radical (unpaired) electrons. The van der Waals surface area contributed by atoms with Crippen LogP contribution in [0.15, 0.2) is 36.5 Å². The molecule has 1 N–H and O–H groups in total.